The van der Waals surface area contributed by atoms with Crippen LogP contribution in [0.15, 0.2) is 97.1 Å². The quantitative estimate of drug-likeness (QED) is 0.361. The van der Waals surface area contributed by atoms with E-state index < -0.39 is 6.04 Å². The number of hydrogen-bond donors (Lipinski definition) is 1. The van der Waals surface area contributed by atoms with Crippen molar-refractivity contribution in [3.05, 3.63) is 103 Å². The molecule has 0 saturated carbocycles. The highest BCUT2D eigenvalue weighted by atomic mass is 16.2. The SMILES string of the molecule is NC(Cc1ccc2ccccc2c1)C(=O)N1CCC(n2c(-c3ccccc3)nc3ccccc32)CC1. The maximum absolute atomic E-state index is 13.2. The number of nitrogens with two attached hydrogens (primary N) is 1. The molecule has 5 heteroatoms. The van der Waals surface area contributed by atoms with E-state index in [1.807, 2.05) is 29.2 Å². The van der Waals surface area contributed by atoms with Crippen LogP contribution in [0.4, 0.5) is 0 Å². The maximum Gasteiger partial charge on any atom is 0.239 e. The van der Waals surface area contributed by atoms with E-state index in [1.54, 1.807) is 0 Å². The molecule has 0 spiro atoms. The minimum absolute atomic E-state index is 0.0420. The summed E-state index contributed by atoms with van der Waals surface area (Å²) in [5, 5.41) is 2.38. The van der Waals surface area contributed by atoms with Gasteiger partial charge in [-0.25, -0.2) is 4.98 Å². The molecule has 1 fully saturated rings. The highest BCUT2D eigenvalue weighted by Gasteiger charge is 2.29. The second-order valence-electron chi connectivity index (χ2n) is 9.71. The third-order valence-electron chi connectivity index (χ3n) is 7.36. The number of fused-ring (bicyclic) bond motifs is 2. The number of rotatable bonds is 5. The number of benzene rings is 4. The number of likely N-dealkylation sites (tertiary alicyclic amines) is 1. The molecule has 36 heavy (non-hydrogen) atoms. The molecular formula is C31H30N4O. The largest absolute Gasteiger partial charge is 0.341 e. The van der Waals surface area contributed by atoms with E-state index in [-0.39, 0.29) is 11.9 Å². The second kappa shape index (κ2) is 9.59. The van der Waals surface area contributed by atoms with E-state index in [2.05, 4.69) is 77.4 Å². The van der Waals surface area contributed by atoms with Crippen molar-refractivity contribution in [2.45, 2.75) is 31.3 Å². The Kier molecular flexibility index (Phi) is 5.99. The lowest BCUT2D eigenvalue weighted by atomic mass is 9.99. The van der Waals surface area contributed by atoms with E-state index in [0.717, 1.165) is 40.8 Å². The van der Waals surface area contributed by atoms with Gasteiger partial charge in [-0.15, -0.1) is 0 Å². The summed E-state index contributed by atoms with van der Waals surface area (Å²) in [5.74, 6) is 1.04. The standard InChI is InChI=1S/C31H30N4O/c32-27(21-22-14-15-23-8-4-5-11-25(23)20-22)31(36)34-18-16-26(17-19-34)35-29-13-7-6-12-28(29)33-30(35)24-9-2-1-3-10-24/h1-15,20,26-27H,16-19,21,32H2. The first-order valence-electron chi connectivity index (χ1n) is 12.7. The van der Waals surface area contributed by atoms with Gasteiger partial charge in [-0.2, -0.15) is 0 Å². The van der Waals surface area contributed by atoms with Crippen LogP contribution in [0.5, 0.6) is 0 Å². The summed E-state index contributed by atoms with van der Waals surface area (Å²) in [6.45, 7) is 1.41. The zero-order chi connectivity index (χ0) is 24.5. The molecule has 1 saturated heterocycles. The molecule has 1 unspecified atom stereocenters. The normalized spacial score (nSPS) is 15.4. The Balaban J connectivity index is 1.17. The van der Waals surface area contributed by atoms with Gasteiger partial charge in [0.25, 0.3) is 0 Å². The molecule has 2 N–H and O–H groups in total. The highest BCUT2D eigenvalue weighted by Crippen LogP contribution is 2.33. The van der Waals surface area contributed by atoms with Crippen molar-refractivity contribution in [1.82, 2.24) is 14.5 Å². The van der Waals surface area contributed by atoms with Crippen LogP contribution in [-0.4, -0.2) is 39.5 Å². The molecular weight excluding hydrogens is 444 g/mol. The van der Waals surface area contributed by atoms with E-state index in [4.69, 9.17) is 10.7 Å². The van der Waals surface area contributed by atoms with Gasteiger partial charge in [0.15, 0.2) is 0 Å². The molecule has 5 nitrogen and oxygen atoms in total. The fourth-order valence-electron chi connectivity index (χ4n) is 5.49. The molecule has 4 aromatic carbocycles. The minimum atomic E-state index is -0.531. The number of amides is 1. The van der Waals surface area contributed by atoms with E-state index in [1.165, 1.54) is 10.8 Å². The minimum Gasteiger partial charge on any atom is -0.341 e. The Hall–Kier alpha value is -3.96. The summed E-state index contributed by atoms with van der Waals surface area (Å²) < 4.78 is 2.38. The van der Waals surface area contributed by atoms with Crippen LogP contribution in [0.1, 0.15) is 24.4 Å². The Morgan fingerprint density at radius 3 is 2.36 bits per heavy atom. The van der Waals surface area contributed by atoms with Crippen molar-refractivity contribution in [1.29, 1.82) is 0 Å². The zero-order valence-corrected chi connectivity index (χ0v) is 20.3. The first-order chi connectivity index (χ1) is 17.7. The van der Waals surface area contributed by atoms with Gasteiger partial charge in [-0.3, -0.25) is 4.79 Å². The van der Waals surface area contributed by atoms with E-state index >= 15 is 0 Å². The van der Waals surface area contributed by atoms with Crippen LogP contribution in [-0.2, 0) is 11.2 Å². The van der Waals surface area contributed by atoms with Crippen LogP contribution in [0.25, 0.3) is 33.2 Å². The fourth-order valence-corrected chi connectivity index (χ4v) is 5.49. The predicted molar refractivity (Wildman–Crippen MR) is 146 cm³/mol. The highest BCUT2D eigenvalue weighted by molar-refractivity contribution is 5.85. The Labute approximate surface area is 211 Å². The molecule has 180 valence electrons. The molecule has 6 rings (SSSR count). The lowest BCUT2D eigenvalue weighted by Gasteiger charge is -2.35. The summed E-state index contributed by atoms with van der Waals surface area (Å²) >= 11 is 0. The number of carbonyl (C=O) groups excluding carboxylic acids is 1. The predicted octanol–water partition coefficient (Wildman–Crippen LogP) is 5.59. The molecule has 1 aliphatic heterocycles. The molecule has 1 atom stereocenters. The first kappa shape index (κ1) is 22.5. The van der Waals surface area contributed by atoms with Crippen LogP contribution < -0.4 is 5.73 Å². The topological polar surface area (TPSA) is 64.2 Å². The molecule has 0 radical (unpaired) electrons. The number of imidazole rings is 1. The third-order valence-corrected chi connectivity index (χ3v) is 7.36. The van der Waals surface area contributed by atoms with Crippen molar-refractivity contribution in [3.63, 3.8) is 0 Å². The molecule has 2 heterocycles. The third kappa shape index (κ3) is 4.27. The number of aromatic nitrogens is 2. The summed E-state index contributed by atoms with van der Waals surface area (Å²) in [7, 11) is 0. The number of carbonyl (C=O) groups is 1. The van der Waals surface area contributed by atoms with Gasteiger partial charge in [0, 0.05) is 24.7 Å². The summed E-state index contributed by atoms with van der Waals surface area (Å²) in [5.41, 5.74) is 10.8. The fraction of sp³-hybridized carbons (Fsp3) is 0.226. The molecule has 5 aromatic rings. The van der Waals surface area contributed by atoms with Crippen LogP contribution in [0, 0.1) is 0 Å². The van der Waals surface area contributed by atoms with Crippen LogP contribution >= 0.6 is 0 Å². The van der Waals surface area contributed by atoms with Crippen molar-refractivity contribution < 1.29 is 4.79 Å². The number of hydrogen-bond acceptors (Lipinski definition) is 3. The van der Waals surface area contributed by atoms with Gasteiger partial charge in [0.1, 0.15) is 5.82 Å². The smallest absolute Gasteiger partial charge is 0.239 e. The molecule has 1 aliphatic rings. The Bertz CT molecular complexity index is 1520. The van der Waals surface area contributed by atoms with Crippen LogP contribution in [0.3, 0.4) is 0 Å². The average Bonchev–Trinajstić information content (AvgIpc) is 3.33. The van der Waals surface area contributed by atoms with E-state index in [9.17, 15) is 4.79 Å². The summed E-state index contributed by atoms with van der Waals surface area (Å²) in [4.78, 5) is 20.2. The number of piperidine rings is 1. The molecule has 0 bridgehead atoms. The van der Waals surface area contributed by atoms with Gasteiger partial charge in [0.2, 0.25) is 5.91 Å². The summed E-state index contributed by atoms with van der Waals surface area (Å²) in [6.07, 6.45) is 2.32. The van der Waals surface area contributed by atoms with Crippen LogP contribution in [0.2, 0.25) is 0 Å². The van der Waals surface area contributed by atoms with Gasteiger partial charge in [-0.1, -0.05) is 84.9 Å². The Morgan fingerprint density at radius 1 is 0.861 bits per heavy atom. The lowest BCUT2D eigenvalue weighted by Crippen LogP contribution is -2.48. The van der Waals surface area contributed by atoms with Crippen molar-refractivity contribution in [3.8, 4) is 11.4 Å². The monoisotopic (exact) mass is 474 g/mol. The average molecular weight is 475 g/mol. The van der Waals surface area contributed by atoms with E-state index in [0.29, 0.717) is 19.5 Å². The lowest BCUT2D eigenvalue weighted by molar-refractivity contribution is -0.133. The number of nitrogens with zero attached hydrogens (tertiary/aromatic N) is 3. The maximum atomic E-state index is 13.2. The Morgan fingerprint density at radius 2 is 1.56 bits per heavy atom. The number of para-hydroxylation sites is 2. The first-order valence-corrected chi connectivity index (χ1v) is 12.7. The van der Waals surface area contributed by atoms with Crippen molar-refractivity contribution >= 4 is 27.7 Å². The molecule has 1 aromatic heterocycles. The zero-order valence-electron chi connectivity index (χ0n) is 20.3. The van der Waals surface area contributed by atoms with Crippen molar-refractivity contribution in [2.24, 2.45) is 5.73 Å². The van der Waals surface area contributed by atoms with Crippen molar-refractivity contribution in [2.75, 3.05) is 13.1 Å². The van der Waals surface area contributed by atoms with Gasteiger partial charge < -0.3 is 15.2 Å². The molecule has 1 amide bonds. The van der Waals surface area contributed by atoms with Gasteiger partial charge in [-0.05, 0) is 47.7 Å². The molecule has 0 aliphatic carbocycles. The van der Waals surface area contributed by atoms with Gasteiger partial charge >= 0.3 is 0 Å². The van der Waals surface area contributed by atoms with Gasteiger partial charge in [0.05, 0.1) is 17.1 Å². The second-order valence-corrected chi connectivity index (χ2v) is 9.71. The summed E-state index contributed by atoms with van der Waals surface area (Å²) in [6, 6.07) is 33.0.